The first-order valence-corrected chi connectivity index (χ1v) is 11.6. The fourth-order valence-corrected chi connectivity index (χ4v) is 4.63. The fraction of sp³-hybridized carbons (Fsp3) is 0.133. The zero-order valence-corrected chi connectivity index (χ0v) is 19.1. The number of nitrogens with one attached hydrogen (secondary N) is 1. The van der Waals surface area contributed by atoms with Crippen LogP contribution in [0.4, 0.5) is 0 Å². The van der Waals surface area contributed by atoms with Crippen molar-refractivity contribution in [3.05, 3.63) is 125 Å². The number of carboxylic acids is 1. The van der Waals surface area contributed by atoms with Crippen molar-refractivity contribution in [1.29, 1.82) is 0 Å². The molecule has 4 aromatic carbocycles. The maximum absolute atomic E-state index is 13.4. The van der Waals surface area contributed by atoms with Crippen molar-refractivity contribution >= 4 is 11.9 Å². The summed E-state index contributed by atoms with van der Waals surface area (Å²) < 4.78 is 5.88. The summed E-state index contributed by atoms with van der Waals surface area (Å²) in [6, 6.07) is 31.7. The van der Waals surface area contributed by atoms with Crippen LogP contribution in [-0.4, -0.2) is 23.0 Å². The maximum Gasteiger partial charge on any atom is 0.326 e. The van der Waals surface area contributed by atoms with Gasteiger partial charge in [0.25, 0.3) is 0 Å². The van der Waals surface area contributed by atoms with Crippen LogP contribution in [-0.2, 0) is 22.6 Å². The van der Waals surface area contributed by atoms with E-state index in [9.17, 15) is 14.7 Å². The van der Waals surface area contributed by atoms with Gasteiger partial charge < -0.3 is 15.2 Å². The van der Waals surface area contributed by atoms with Crippen LogP contribution >= 0.6 is 0 Å². The summed E-state index contributed by atoms with van der Waals surface area (Å²) in [4.78, 5) is 25.5. The topological polar surface area (TPSA) is 75.6 Å². The Bertz CT molecular complexity index is 1320. The van der Waals surface area contributed by atoms with E-state index in [1.807, 2.05) is 103 Å². The lowest BCUT2D eigenvalue weighted by Crippen LogP contribution is -2.44. The molecule has 4 aromatic rings. The normalized spacial score (nSPS) is 12.9. The molecule has 0 spiro atoms. The van der Waals surface area contributed by atoms with E-state index in [-0.39, 0.29) is 12.3 Å². The quantitative estimate of drug-likeness (QED) is 0.377. The second-order valence-corrected chi connectivity index (χ2v) is 8.63. The molecule has 5 rings (SSSR count). The number of aliphatic carboxylic acids is 1. The number of fused-ring (bicyclic) bond motifs is 3. The molecular weight excluding hydrogens is 438 g/mol. The van der Waals surface area contributed by atoms with Gasteiger partial charge in [0, 0.05) is 6.42 Å². The van der Waals surface area contributed by atoms with Crippen LogP contribution < -0.4 is 10.1 Å². The lowest BCUT2D eigenvalue weighted by molar-refractivity contribution is -0.141. The first-order chi connectivity index (χ1) is 17.1. The van der Waals surface area contributed by atoms with Gasteiger partial charge in [-0.1, -0.05) is 91.0 Å². The summed E-state index contributed by atoms with van der Waals surface area (Å²) >= 11 is 0. The molecule has 0 aromatic heterocycles. The van der Waals surface area contributed by atoms with Gasteiger partial charge in [-0.05, 0) is 45.5 Å². The molecule has 0 unspecified atom stereocenters. The Morgan fingerprint density at radius 3 is 2.03 bits per heavy atom. The van der Waals surface area contributed by atoms with Crippen molar-refractivity contribution in [3.63, 3.8) is 0 Å². The minimum absolute atomic E-state index is 0.152. The van der Waals surface area contributed by atoms with E-state index < -0.39 is 17.9 Å². The Morgan fingerprint density at radius 1 is 0.771 bits per heavy atom. The molecule has 5 heteroatoms. The van der Waals surface area contributed by atoms with Crippen molar-refractivity contribution in [2.24, 2.45) is 0 Å². The van der Waals surface area contributed by atoms with Gasteiger partial charge in [0.15, 0.2) is 0 Å². The molecule has 0 bridgehead atoms. The van der Waals surface area contributed by atoms with Crippen LogP contribution in [0.25, 0.3) is 11.1 Å². The van der Waals surface area contributed by atoms with Gasteiger partial charge in [-0.25, -0.2) is 4.79 Å². The average Bonchev–Trinajstić information content (AvgIpc) is 3.22. The highest BCUT2D eigenvalue weighted by Gasteiger charge is 2.35. The van der Waals surface area contributed by atoms with Crippen molar-refractivity contribution in [2.75, 3.05) is 0 Å². The third kappa shape index (κ3) is 4.80. The summed E-state index contributed by atoms with van der Waals surface area (Å²) in [7, 11) is 0. The number of hydrogen-bond acceptors (Lipinski definition) is 3. The first-order valence-electron chi connectivity index (χ1n) is 11.6. The van der Waals surface area contributed by atoms with E-state index in [0.29, 0.717) is 12.4 Å². The third-order valence-electron chi connectivity index (χ3n) is 6.30. The molecule has 0 saturated heterocycles. The molecule has 1 aliphatic rings. The number of hydrogen-bond donors (Lipinski definition) is 2. The highest BCUT2D eigenvalue weighted by atomic mass is 16.5. The van der Waals surface area contributed by atoms with Crippen molar-refractivity contribution in [1.82, 2.24) is 5.32 Å². The molecule has 2 N–H and O–H groups in total. The van der Waals surface area contributed by atoms with E-state index >= 15 is 0 Å². The molecule has 1 atom stereocenters. The van der Waals surface area contributed by atoms with E-state index in [4.69, 9.17) is 4.74 Å². The van der Waals surface area contributed by atoms with Gasteiger partial charge in [0.05, 0.1) is 5.92 Å². The summed E-state index contributed by atoms with van der Waals surface area (Å²) in [5, 5.41) is 12.7. The Balaban J connectivity index is 1.32. The number of carbonyl (C=O) groups is 2. The van der Waals surface area contributed by atoms with Gasteiger partial charge >= 0.3 is 5.97 Å². The first kappa shape index (κ1) is 22.4. The van der Waals surface area contributed by atoms with Crippen molar-refractivity contribution in [3.8, 4) is 16.9 Å². The highest BCUT2D eigenvalue weighted by Crippen LogP contribution is 2.44. The summed E-state index contributed by atoms with van der Waals surface area (Å²) in [6.45, 7) is 0.421. The second kappa shape index (κ2) is 9.85. The number of rotatable bonds is 8. The molecule has 0 aliphatic heterocycles. The van der Waals surface area contributed by atoms with Gasteiger partial charge in [0.2, 0.25) is 5.91 Å². The molecule has 1 aliphatic carbocycles. The molecule has 0 heterocycles. The highest BCUT2D eigenvalue weighted by molar-refractivity contribution is 5.97. The molecule has 0 fully saturated rings. The fourth-order valence-electron chi connectivity index (χ4n) is 4.63. The molecule has 174 valence electrons. The minimum Gasteiger partial charge on any atom is -0.489 e. The lowest BCUT2D eigenvalue weighted by Gasteiger charge is -2.19. The SMILES string of the molecule is O=C(N[C@H](Cc1cccc(OCc2ccccc2)c1)C(=O)O)C1c2ccccc2-c2ccccc21. The Hall–Kier alpha value is -4.38. The van der Waals surface area contributed by atoms with E-state index in [2.05, 4.69) is 5.32 Å². The summed E-state index contributed by atoms with van der Waals surface area (Å²) in [5.74, 6) is -1.27. The Morgan fingerprint density at radius 2 is 1.37 bits per heavy atom. The zero-order valence-electron chi connectivity index (χ0n) is 19.1. The molecule has 0 radical (unpaired) electrons. The van der Waals surface area contributed by atoms with Crippen molar-refractivity contribution < 1.29 is 19.4 Å². The van der Waals surface area contributed by atoms with Crippen LogP contribution in [0.15, 0.2) is 103 Å². The smallest absolute Gasteiger partial charge is 0.326 e. The number of ether oxygens (including phenoxy) is 1. The maximum atomic E-state index is 13.4. The Kier molecular flexibility index (Phi) is 6.31. The number of carboxylic acid groups (broad SMARTS) is 1. The van der Waals surface area contributed by atoms with Crippen LogP contribution in [0.1, 0.15) is 28.2 Å². The van der Waals surface area contributed by atoms with Gasteiger partial charge in [-0.15, -0.1) is 0 Å². The van der Waals surface area contributed by atoms with Gasteiger partial charge in [-0.2, -0.15) is 0 Å². The second-order valence-electron chi connectivity index (χ2n) is 8.63. The number of amides is 1. The van der Waals surface area contributed by atoms with Gasteiger partial charge in [0.1, 0.15) is 18.4 Å². The third-order valence-corrected chi connectivity index (χ3v) is 6.30. The number of benzene rings is 4. The zero-order chi connectivity index (χ0) is 24.2. The molecule has 1 amide bonds. The largest absolute Gasteiger partial charge is 0.489 e. The summed E-state index contributed by atoms with van der Waals surface area (Å²) in [6.07, 6.45) is 0.152. The summed E-state index contributed by atoms with van der Waals surface area (Å²) in [5.41, 5.74) is 5.64. The van der Waals surface area contributed by atoms with E-state index in [1.165, 1.54) is 0 Å². The molecule has 5 nitrogen and oxygen atoms in total. The van der Waals surface area contributed by atoms with Crippen LogP contribution in [0, 0.1) is 0 Å². The molecular formula is C30H25NO4. The van der Waals surface area contributed by atoms with Gasteiger partial charge in [-0.3, -0.25) is 4.79 Å². The average molecular weight is 464 g/mol. The Labute approximate surface area is 204 Å². The molecule has 0 saturated carbocycles. The number of carbonyl (C=O) groups excluding carboxylic acids is 1. The van der Waals surface area contributed by atoms with Crippen molar-refractivity contribution in [2.45, 2.75) is 25.0 Å². The predicted octanol–water partition coefficient (Wildman–Crippen LogP) is 5.19. The molecule has 35 heavy (non-hydrogen) atoms. The van der Waals surface area contributed by atoms with Crippen LogP contribution in [0.2, 0.25) is 0 Å². The van der Waals surface area contributed by atoms with E-state index in [0.717, 1.165) is 33.4 Å². The minimum atomic E-state index is -1.08. The van der Waals surface area contributed by atoms with Crippen LogP contribution in [0.3, 0.4) is 0 Å². The van der Waals surface area contributed by atoms with E-state index in [1.54, 1.807) is 0 Å². The predicted molar refractivity (Wildman–Crippen MR) is 134 cm³/mol. The monoisotopic (exact) mass is 463 g/mol. The lowest BCUT2D eigenvalue weighted by atomic mass is 9.95. The standard InChI is InChI=1S/C30H25NO4/c32-29(28-25-15-6-4-13-23(25)24-14-5-7-16-26(24)28)31-27(30(33)34)18-21-11-8-12-22(17-21)35-19-20-9-2-1-3-10-20/h1-17,27-28H,18-19H2,(H,31,32)(H,33,34)/t27-/m1/s1. The van der Waals surface area contributed by atoms with Crippen LogP contribution in [0.5, 0.6) is 5.75 Å².